The first-order valence-corrected chi connectivity index (χ1v) is 22.1. The lowest BCUT2D eigenvalue weighted by atomic mass is 10.0. The fourth-order valence-electron chi connectivity index (χ4n) is 7.18. The molecule has 0 bridgehead atoms. The van der Waals surface area contributed by atoms with Crippen molar-refractivity contribution in [2.75, 3.05) is 13.2 Å². The number of phosphoric acid groups is 1. The molecule has 0 spiro atoms. The number of phosphoric ester groups is 1. The number of aliphatic hydroxyl groups is 1. The fourth-order valence-corrected chi connectivity index (χ4v) is 7.73. The average Bonchev–Trinajstić information content (AvgIpc) is 3.86. The van der Waals surface area contributed by atoms with Gasteiger partial charge in [0.25, 0.3) is 0 Å². The van der Waals surface area contributed by atoms with Crippen molar-refractivity contribution in [3.8, 4) is 0 Å². The Morgan fingerprint density at radius 2 is 1.50 bits per heavy atom. The van der Waals surface area contributed by atoms with Crippen LogP contribution in [0.4, 0.5) is 0 Å². The predicted octanol–water partition coefficient (Wildman–Crippen LogP) is 0.981. The summed E-state index contributed by atoms with van der Waals surface area (Å²) in [5, 5.41) is 20.2. The summed E-state index contributed by atoms with van der Waals surface area (Å²) in [5.41, 5.74) is 7.25. The van der Waals surface area contributed by atoms with Crippen LogP contribution < -0.4 is 27.0 Å². The zero-order chi connectivity index (χ0) is 44.4. The first-order chi connectivity index (χ1) is 28.4. The molecule has 6 unspecified atom stereocenters. The Labute approximate surface area is 351 Å². The topological polar surface area (TPSA) is 285 Å². The maximum Gasteiger partial charge on any atom is 0.469 e. The first kappa shape index (κ1) is 49.7. The zero-order valence-electron chi connectivity index (χ0n) is 35.0. The van der Waals surface area contributed by atoms with Crippen LogP contribution in [0.2, 0.25) is 0 Å². The molecular formula is C40H63N8O11P. The van der Waals surface area contributed by atoms with E-state index in [9.17, 15) is 48.2 Å². The van der Waals surface area contributed by atoms with E-state index in [0.29, 0.717) is 31.6 Å². The molecule has 60 heavy (non-hydrogen) atoms. The van der Waals surface area contributed by atoms with Gasteiger partial charge in [0, 0.05) is 38.3 Å². The number of nitrogens with one attached hydrogen (secondary N) is 4. The Hall–Kier alpha value is -4.68. The molecule has 19 nitrogen and oxygen atoms in total. The number of aryl methyl sites for hydroxylation is 2. The van der Waals surface area contributed by atoms with Crippen LogP contribution in [0.1, 0.15) is 96.7 Å². The molecule has 9 N–H and O–H groups in total. The standard InChI is InChI=1S/C40H63N8O11P/c1-26(2)21-31(44-40(55)34-18-14-20-48(34)28(4)50)37(52)43-32(38(53)45-33(24-49)39(54)46-35(36(41)51)27(3)59-60(56,57)58)22-30-23-42-25-47(30)19-13-8-6-5-7-10-15-29-16-11-9-12-17-29/h9,11-12,16-17,23,25-27,31-35,49H,5-8,10,13-15,18-22,24H2,1-4H3,(H2,41,51)(H,43,52)(H,44,55)(H,45,53)(H,46,54)(H2,56,57,58). The fraction of sp³-hybridized carbons (Fsp3) is 0.625. The number of aliphatic hydroxyl groups excluding tert-OH is 1. The van der Waals surface area contributed by atoms with Gasteiger partial charge in [0.2, 0.25) is 35.4 Å². The van der Waals surface area contributed by atoms with E-state index in [4.69, 9.17) is 5.73 Å². The van der Waals surface area contributed by atoms with E-state index in [1.807, 2.05) is 36.6 Å². The molecule has 1 aliphatic rings. The monoisotopic (exact) mass is 862 g/mol. The van der Waals surface area contributed by atoms with Crippen molar-refractivity contribution < 1.29 is 52.7 Å². The molecule has 6 amide bonds. The second-order valence-electron chi connectivity index (χ2n) is 15.7. The number of hydrogen-bond acceptors (Lipinski definition) is 10. The Bertz CT molecular complexity index is 1770. The Morgan fingerprint density at radius 3 is 2.12 bits per heavy atom. The van der Waals surface area contributed by atoms with Crippen LogP contribution in [0.15, 0.2) is 42.9 Å². The third-order valence-corrected chi connectivity index (χ3v) is 10.9. The van der Waals surface area contributed by atoms with E-state index in [1.54, 1.807) is 12.5 Å². The number of aromatic nitrogens is 2. The Balaban J connectivity index is 1.76. The molecule has 2 heterocycles. The van der Waals surface area contributed by atoms with E-state index in [1.165, 1.54) is 17.4 Å². The molecule has 0 radical (unpaired) electrons. The summed E-state index contributed by atoms with van der Waals surface area (Å²) in [5.74, 6) is -4.81. The minimum absolute atomic E-state index is 0.0799. The summed E-state index contributed by atoms with van der Waals surface area (Å²) in [6, 6.07) is 3.63. The normalized spacial score (nSPS) is 16.7. The van der Waals surface area contributed by atoms with Gasteiger partial charge in [-0.05, 0) is 56.9 Å². The molecule has 1 aliphatic heterocycles. The third kappa shape index (κ3) is 16.8. The number of imidazole rings is 1. The second kappa shape index (κ2) is 24.5. The number of carbonyl (C=O) groups is 6. The minimum Gasteiger partial charge on any atom is -0.394 e. The lowest BCUT2D eigenvalue weighted by Gasteiger charge is -2.28. The summed E-state index contributed by atoms with van der Waals surface area (Å²) in [6.45, 7) is 6.17. The SMILES string of the molecule is CC(=O)N1CCCC1C(=O)NC(CC(C)C)C(=O)NC(Cc1cncn1CCCCCCCCc1ccccc1)C(=O)NC(CO)C(=O)NC(C(N)=O)C(C)OP(=O)(O)O. The molecule has 6 atom stereocenters. The number of nitrogens with two attached hydrogens (primary N) is 1. The summed E-state index contributed by atoms with van der Waals surface area (Å²) in [6.07, 6.45) is 9.87. The van der Waals surface area contributed by atoms with E-state index >= 15 is 0 Å². The Morgan fingerprint density at radius 1 is 0.883 bits per heavy atom. The van der Waals surface area contributed by atoms with Crippen LogP contribution in [0.5, 0.6) is 0 Å². The van der Waals surface area contributed by atoms with E-state index in [0.717, 1.165) is 51.9 Å². The zero-order valence-corrected chi connectivity index (χ0v) is 35.9. The number of carbonyl (C=O) groups excluding carboxylic acids is 6. The van der Waals surface area contributed by atoms with Gasteiger partial charge in [-0.15, -0.1) is 0 Å². The van der Waals surface area contributed by atoms with Gasteiger partial charge in [-0.2, -0.15) is 0 Å². The van der Waals surface area contributed by atoms with E-state index < -0.39 is 80.3 Å². The highest BCUT2D eigenvalue weighted by Gasteiger charge is 2.37. The van der Waals surface area contributed by atoms with Crippen molar-refractivity contribution in [3.05, 3.63) is 54.1 Å². The van der Waals surface area contributed by atoms with Crippen LogP contribution in [0.25, 0.3) is 0 Å². The van der Waals surface area contributed by atoms with Crippen LogP contribution in [-0.2, 0) is 57.2 Å². The van der Waals surface area contributed by atoms with Gasteiger partial charge >= 0.3 is 7.82 Å². The highest BCUT2D eigenvalue weighted by Crippen LogP contribution is 2.38. The van der Waals surface area contributed by atoms with Crippen LogP contribution in [0, 0.1) is 5.92 Å². The number of nitrogens with zero attached hydrogens (tertiary/aromatic N) is 3. The van der Waals surface area contributed by atoms with Crippen LogP contribution >= 0.6 is 7.82 Å². The minimum atomic E-state index is -5.11. The highest BCUT2D eigenvalue weighted by atomic mass is 31.2. The molecule has 0 aliphatic carbocycles. The molecule has 1 aromatic heterocycles. The summed E-state index contributed by atoms with van der Waals surface area (Å²) in [7, 11) is -5.11. The average molecular weight is 863 g/mol. The van der Waals surface area contributed by atoms with Crippen molar-refractivity contribution in [3.63, 3.8) is 0 Å². The molecule has 2 aromatic rings. The van der Waals surface area contributed by atoms with Crippen molar-refractivity contribution in [2.45, 2.75) is 141 Å². The summed E-state index contributed by atoms with van der Waals surface area (Å²) >= 11 is 0. The lowest BCUT2D eigenvalue weighted by Crippen LogP contribution is -2.61. The van der Waals surface area contributed by atoms with Gasteiger partial charge in [0.15, 0.2) is 0 Å². The van der Waals surface area contributed by atoms with Gasteiger partial charge in [0.05, 0.1) is 19.0 Å². The smallest absolute Gasteiger partial charge is 0.394 e. The molecule has 3 rings (SSSR count). The number of benzene rings is 1. The van der Waals surface area contributed by atoms with E-state index in [2.05, 4.69) is 42.9 Å². The van der Waals surface area contributed by atoms with Gasteiger partial charge in [-0.1, -0.05) is 69.9 Å². The largest absolute Gasteiger partial charge is 0.469 e. The van der Waals surface area contributed by atoms with Gasteiger partial charge in [0.1, 0.15) is 30.2 Å². The maximum absolute atomic E-state index is 14.0. The van der Waals surface area contributed by atoms with E-state index in [-0.39, 0.29) is 24.7 Å². The first-order valence-electron chi connectivity index (χ1n) is 20.6. The van der Waals surface area contributed by atoms with Gasteiger partial charge < -0.3 is 51.4 Å². The number of rotatable bonds is 26. The van der Waals surface area contributed by atoms with Gasteiger partial charge in [-0.25, -0.2) is 9.55 Å². The van der Waals surface area contributed by atoms with Crippen molar-refractivity contribution in [1.82, 2.24) is 35.7 Å². The number of likely N-dealkylation sites (tertiary alicyclic amines) is 1. The molecule has 1 aromatic carbocycles. The van der Waals surface area contributed by atoms with Gasteiger partial charge in [-0.3, -0.25) is 33.3 Å². The summed E-state index contributed by atoms with van der Waals surface area (Å²) in [4.78, 5) is 103. The molecule has 20 heteroatoms. The Kier molecular flexibility index (Phi) is 20.3. The highest BCUT2D eigenvalue weighted by molar-refractivity contribution is 7.46. The molecular weight excluding hydrogens is 799 g/mol. The molecule has 334 valence electrons. The quantitative estimate of drug-likeness (QED) is 0.0486. The third-order valence-electron chi connectivity index (χ3n) is 10.3. The molecule has 1 fully saturated rings. The maximum atomic E-state index is 14.0. The van der Waals surface area contributed by atoms with Crippen molar-refractivity contribution >= 4 is 43.3 Å². The molecule has 0 saturated carbocycles. The van der Waals surface area contributed by atoms with Crippen molar-refractivity contribution in [2.24, 2.45) is 11.7 Å². The van der Waals surface area contributed by atoms with Crippen LogP contribution in [0.3, 0.4) is 0 Å². The second-order valence-corrected chi connectivity index (χ2v) is 16.9. The number of hydrogen-bond donors (Lipinski definition) is 8. The number of unbranched alkanes of at least 4 members (excludes halogenated alkanes) is 5. The predicted molar refractivity (Wildman–Crippen MR) is 220 cm³/mol. The van der Waals surface area contributed by atoms with Crippen molar-refractivity contribution in [1.29, 1.82) is 0 Å². The van der Waals surface area contributed by atoms with Crippen LogP contribution in [-0.4, -0.2) is 114 Å². The number of amides is 6. The molecule has 1 saturated heterocycles. The number of primary amides is 1. The summed E-state index contributed by atoms with van der Waals surface area (Å²) < 4.78 is 17.7. The lowest BCUT2D eigenvalue weighted by molar-refractivity contribution is -0.139.